The van der Waals surface area contributed by atoms with Crippen LogP contribution in [0, 0.1) is 6.92 Å². The van der Waals surface area contributed by atoms with Crippen molar-refractivity contribution in [2.24, 2.45) is 0 Å². The van der Waals surface area contributed by atoms with Crippen LogP contribution in [0.5, 0.6) is 0 Å². The van der Waals surface area contributed by atoms with E-state index in [-0.39, 0.29) is 18.3 Å². The molecule has 0 aliphatic heterocycles. The molecular formula is C19H23ClN2OS. The highest BCUT2D eigenvalue weighted by atomic mass is 35.5. The van der Waals surface area contributed by atoms with E-state index in [0.29, 0.717) is 16.5 Å². The molecule has 2 aromatic rings. The molecular weight excluding hydrogens is 340 g/mol. The summed E-state index contributed by atoms with van der Waals surface area (Å²) in [6.07, 6.45) is 5.16. The van der Waals surface area contributed by atoms with Gasteiger partial charge in [0.15, 0.2) is 0 Å². The van der Waals surface area contributed by atoms with Gasteiger partial charge in [-0.15, -0.1) is 24.2 Å². The number of anilines is 2. The van der Waals surface area contributed by atoms with Gasteiger partial charge in [0.25, 0.3) is 5.91 Å². The average Bonchev–Trinajstić information content (AvgIpc) is 3.04. The first-order valence-electron chi connectivity index (χ1n) is 8.06. The van der Waals surface area contributed by atoms with Crippen LogP contribution >= 0.6 is 24.2 Å². The van der Waals surface area contributed by atoms with E-state index in [1.54, 1.807) is 6.07 Å². The van der Waals surface area contributed by atoms with Crippen molar-refractivity contribution in [2.45, 2.75) is 42.8 Å². The van der Waals surface area contributed by atoms with E-state index in [1.165, 1.54) is 25.7 Å². The van der Waals surface area contributed by atoms with Crippen LogP contribution in [0.25, 0.3) is 0 Å². The summed E-state index contributed by atoms with van der Waals surface area (Å²) in [6.45, 7) is 1.92. The Morgan fingerprint density at radius 3 is 2.62 bits per heavy atom. The molecule has 1 aliphatic carbocycles. The van der Waals surface area contributed by atoms with E-state index in [4.69, 9.17) is 5.73 Å². The van der Waals surface area contributed by atoms with Gasteiger partial charge in [0.1, 0.15) is 0 Å². The zero-order chi connectivity index (χ0) is 16.2. The summed E-state index contributed by atoms with van der Waals surface area (Å²) in [6, 6.07) is 13.5. The lowest BCUT2D eigenvalue weighted by Crippen LogP contribution is -2.14. The van der Waals surface area contributed by atoms with Gasteiger partial charge in [-0.2, -0.15) is 0 Å². The van der Waals surface area contributed by atoms with Crippen molar-refractivity contribution in [1.82, 2.24) is 0 Å². The maximum absolute atomic E-state index is 12.6. The van der Waals surface area contributed by atoms with Gasteiger partial charge >= 0.3 is 0 Å². The van der Waals surface area contributed by atoms with Crippen LogP contribution in [0.15, 0.2) is 47.4 Å². The zero-order valence-electron chi connectivity index (χ0n) is 13.7. The smallest absolute Gasteiger partial charge is 0.256 e. The molecule has 1 fully saturated rings. The number of carbonyl (C=O) groups excluding carboxylic acids is 1. The highest BCUT2D eigenvalue weighted by Gasteiger charge is 2.18. The minimum atomic E-state index is -0.103. The van der Waals surface area contributed by atoms with Crippen molar-refractivity contribution >= 4 is 41.5 Å². The molecule has 2 aromatic carbocycles. The summed E-state index contributed by atoms with van der Waals surface area (Å²) in [7, 11) is 0. The summed E-state index contributed by atoms with van der Waals surface area (Å²) >= 11 is 1.88. The van der Waals surface area contributed by atoms with Crippen LogP contribution in [-0.4, -0.2) is 11.2 Å². The topological polar surface area (TPSA) is 55.1 Å². The number of halogens is 1. The highest BCUT2D eigenvalue weighted by molar-refractivity contribution is 8.00. The number of aryl methyl sites for hydroxylation is 1. The van der Waals surface area contributed by atoms with Crippen LogP contribution in [0.3, 0.4) is 0 Å². The molecule has 0 aromatic heterocycles. The molecule has 1 aliphatic rings. The number of carbonyl (C=O) groups is 1. The SMILES string of the molecule is Cc1ccc(N)cc1C(=O)Nc1ccccc1SC1CCCC1.Cl. The lowest BCUT2D eigenvalue weighted by Gasteiger charge is -2.15. The molecule has 0 atom stereocenters. The summed E-state index contributed by atoms with van der Waals surface area (Å²) in [4.78, 5) is 13.7. The second-order valence-electron chi connectivity index (χ2n) is 6.05. The Balaban J connectivity index is 0.00000208. The Morgan fingerprint density at radius 2 is 1.88 bits per heavy atom. The molecule has 1 amide bonds. The van der Waals surface area contributed by atoms with Crippen LogP contribution < -0.4 is 11.1 Å². The van der Waals surface area contributed by atoms with Crippen molar-refractivity contribution in [3.05, 3.63) is 53.6 Å². The fourth-order valence-corrected chi connectivity index (χ4v) is 4.26. The van der Waals surface area contributed by atoms with Gasteiger partial charge < -0.3 is 11.1 Å². The number of para-hydroxylation sites is 1. The maximum Gasteiger partial charge on any atom is 0.256 e. The van der Waals surface area contributed by atoms with E-state index in [1.807, 2.05) is 49.0 Å². The first-order chi connectivity index (χ1) is 11.1. The summed E-state index contributed by atoms with van der Waals surface area (Å²) in [5.41, 5.74) is 8.86. The quantitative estimate of drug-likeness (QED) is 0.727. The fourth-order valence-electron chi connectivity index (χ4n) is 2.93. The number of amides is 1. The standard InChI is InChI=1S/C19H22N2OS.ClH/c1-13-10-11-14(20)12-16(13)19(22)21-17-8-4-5-9-18(17)23-15-6-2-3-7-15;/h4-5,8-12,15H,2-3,6-7,20H2,1H3,(H,21,22);1H. The normalized spacial score (nSPS) is 14.2. The molecule has 0 spiro atoms. The second-order valence-corrected chi connectivity index (χ2v) is 7.39. The van der Waals surface area contributed by atoms with Gasteiger partial charge in [-0.3, -0.25) is 4.79 Å². The molecule has 24 heavy (non-hydrogen) atoms. The number of hydrogen-bond acceptors (Lipinski definition) is 3. The molecule has 1 saturated carbocycles. The molecule has 0 heterocycles. The minimum absolute atomic E-state index is 0. The summed E-state index contributed by atoms with van der Waals surface area (Å²) in [5.74, 6) is -0.103. The molecule has 5 heteroatoms. The third kappa shape index (κ3) is 4.46. The Kier molecular flexibility index (Phi) is 6.58. The van der Waals surface area contributed by atoms with Crippen molar-refractivity contribution in [3.8, 4) is 0 Å². The highest BCUT2D eigenvalue weighted by Crippen LogP contribution is 2.38. The second kappa shape index (κ2) is 8.45. The fraction of sp³-hybridized carbons (Fsp3) is 0.316. The number of thioether (sulfide) groups is 1. The van der Waals surface area contributed by atoms with Gasteiger partial charge in [0.2, 0.25) is 0 Å². The predicted molar refractivity (Wildman–Crippen MR) is 105 cm³/mol. The molecule has 0 unspecified atom stereocenters. The van der Waals surface area contributed by atoms with E-state index in [2.05, 4.69) is 11.4 Å². The minimum Gasteiger partial charge on any atom is -0.399 e. The first kappa shape index (κ1) is 18.7. The summed E-state index contributed by atoms with van der Waals surface area (Å²) in [5, 5.41) is 3.72. The Labute approximate surface area is 153 Å². The molecule has 3 N–H and O–H groups in total. The Morgan fingerprint density at radius 1 is 1.17 bits per heavy atom. The Hall–Kier alpha value is -1.65. The molecule has 0 radical (unpaired) electrons. The first-order valence-corrected chi connectivity index (χ1v) is 8.94. The van der Waals surface area contributed by atoms with Crippen LogP contribution in [0.2, 0.25) is 0 Å². The van der Waals surface area contributed by atoms with Crippen LogP contribution in [0.4, 0.5) is 11.4 Å². The van der Waals surface area contributed by atoms with Gasteiger partial charge in [-0.25, -0.2) is 0 Å². The molecule has 0 bridgehead atoms. The van der Waals surface area contributed by atoms with Crippen LogP contribution in [-0.2, 0) is 0 Å². The third-order valence-electron chi connectivity index (χ3n) is 4.24. The Bertz CT molecular complexity index is 714. The lowest BCUT2D eigenvalue weighted by atomic mass is 10.1. The van der Waals surface area contributed by atoms with Gasteiger partial charge in [0, 0.05) is 21.4 Å². The monoisotopic (exact) mass is 362 g/mol. The number of rotatable bonds is 4. The number of nitrogens with one attached hydrogen (secondary N) is 1. The molecule has 3 nitrogen and oxygen atoms in total. The van der Waals surface area contributed by atoms with Crippen molar-refractivity contribution < 1.29 is 4.79 Å². The van der Waals surface area contributed by atoms with E-state index >= 15 is 0 Å². The average molecular weight is 363 g/mol. The summed E-state index contributed by atoms with van der Waals surface area (Å²) < 4.78 is 0. The van der Waals surface area contributed by atoms with Gasteiger partial charge in [-0.05, 0) is 49.6 Å². The van der Waals surface area contributed by atoms with E-state index in [0.717, 1.165) is 16.1 Å². The number of nitrogen functional groups attached to an aromatic ring is 1. The molecule has 128 valence electrons. The predicted octanol–water partition coefficient (Wildman–Crippen LogP) is 5.29. The number of hydrogen-bond donors (Lipinski definition) is 2. The van der Waals surface area contributed by atoms with E-state index < -0.39 is 0 Å². The van der Waals surface area contributed by atoms with Gasteiger partial charge in [-0.1, -0.05) is 31.0 Å². The van der Waals surface area contributed by atoms with Crippen molar-refractivity contribution in [2.75, 3.05) is 11.1 Å². The molecule has 3 rings (SSSR count). The zero-order valence-corrected chi connectivity index (χ0v) is 15.4. The molecule has 0 saturated heterocycles. The van der Waals surface area contributed by atoms with Crippen molar-refractivity contribution in [1.29, 1.82) is 0 Å². The van der Waals surface area contributed by atoms with Crippen LogP contribution in [0.1, 0.15) is 41.6 Å². The number of benzene rings is 2. The third-order valence-corrected chi connectivity index (χ3v) is 5.65. The van der Waals surface area contributed by atoms with E-state index in [9.17, 15) is 4.79 Å². The van der Waals surface area contributed by atoms with Gasteiger partial charge in [0.05, 0.1) is 5.69 Å². The van der Waals surface area contributed by atoms with Crippen molar-refractivity contribution in [3.63, 3.8) is 0 Å². The maximum atomic E-state index is 12.6. The number of nitrogens with two attached hydrogens (primary N) is 1. The largest absolute Gasteiger partial charge is 0.399 e. The lowest BCUT2D eigenvalue weighted by molar-refractivity contribution is 0.102.